The quantitative estimate of drug-likeness (QED) is 0.592. The molecule has 1 rings (SSSR count). The molecule has 0 aliphatic carbocycles. The van der Waals surface area contributed by atoms with Gasteiger partial charge in [0.25, 0.3) is 0 Å². The third kappa shape index (κ3) is 5.30. The van der Waals surface area contributed by atoms with Gasteiger partial charge in [-0.05, 0) is 33.2 Å². The van der Waals surface area contributed by atoms with Gasteiger partial charge in [-0.25, -0.2) is 8.78 Å². The summed E-state index contributed by atoms with van der Waals surface area (Å²) in [4.78, 5) is 11.6. The summed E-state index contributed by atoms with van der Waals surface area (Å²) in [7, 11) is 3.04. The van der Waals surface area contributed by atoms with E-state index in [9.17, 15) is 13.6 Å². The second-order valence-corrected chi connectivity index (χ2v) is 4.98. The van der Waals surface area contributed by atoms with Gasteiger partial charge in [-0.1, -0.05) is 0 Å². The fourth-order valence-corrected chi connectivity index (χ4v) is 1.94. The first-order valence-electron chi connectivity index (χ1n) is 6.77. The zero-order valence-corrected chi connectivity index (χ0v) is 12.5. The summed E-state index contributed by atoms with van der Waals surface area (Å²) in [5.41, 5.74) is -0.736. The van der Waals surface area contributed by atoms with Crippen LogP contribution in [-0.4, -0.2) is 32.3 Å². The van der Waals surface area contributed by atoms with Crippen LogP contribution < -0.4 is 10.1 Å². The van der Waals surface area contributed by atoms with Crippen LogP contribution in [0.15, 0.2) is 18.2 Å². The molecule has 0 aliphatic rings. The van der Waals surface area contributed by atoms with Gasteiger partial charge in [0.1, 0.15) is 22.9 Å². The molecule has 1 atom stereocenters. The van der Waals surface area contributed by atoms with Crippen LogP contribution in [0.2, 0.25) is 0 Å². The summed E-state index contributed by atoms with van der Waals surface area (Å²) >= 11 is 0. The second kappa shape index (κ2) is 7.93. The van der Waals surface area contributed by atoms with E-state index in [0.717, 1.165) is 18.2 Å². The molecule has 0 amide bonds. The van der Waals surface area contributed by atoms with E-state index in [1.807, 2.05) is 0 Å². The van der Waals surface area contributed by atoms with E-state index in [1.54, 1.807) is 14.0 Å². The lowest BCUT2D eigenvalue weighted by Gasteiger charge is -2.25. The molecule has 0 heterocycles. The Hall–Kier alpha value is -1.69. The molecule has 6 heteroatoms. The molecule has 0 radical (unpaired) electrons. The fourth-order valence-electron chi connectivity index (χ4n) is 1.94. The van der Waals surface area contributed by atoms with E-state index in [4.69, 9.17) is 9.47 Å². The van der Waals surface area contributed by atoms with Crippen molar-refractivity contribution >= 4 is 5.97 Å². The Balaban J connectivity index is 2.35. The standard InChI is InChI=1S/C15H21F2NO3/c1-15(18-2,14(19)20-3)6-4-5-7-21-13-9-11(16)8-12(17)10-13/h8-10,18H,4-7H2,1-3H3. The van der Waals surface area contributed by atoms with Crippen molar-refractivity contribution in [3.8, 4) is 5.75 Å². The second-order valence-electron chi connectivity index (χ2n) is 4.98. The Morgan fingerprint density at radius 2 is 1.86 bits per heavy atom. The number of benzene rings is 1. The predicted molar refractivity (Wildman–Crippen MR) is 75.2 cm³/mol. The van der Waals surface area contributed by atoms with Crippen molar-refractivity contribution in [3.63, 3.8) is 0 Å². The number of hydrogen-bond acceptors (Lipinski definition) is 4. The van der Waals surface area contributed by atoms with E-state index in [1.165, 1.54) is 7.11 Å². The smallest absolute Gasteiger partial charge is 0.325 e. The van der Waals surface area contributed by atoms with Gasteiger partial charge in [-0.15, -0.1) is 0 Å². The molecular formula is C15H21F2NO3. The number of methoxy groups -OCH3 is 1. The minimum Gasteiger partial charge on any atom is -0.493 e. The normalized spacial score (nSPS) is 13.6. The third-order valence-electron chi connectivity index (χ3n) is 3.36. The van der Waals surface area contributed by atoms with Crippen LogP contribution >= 0.6 is 0 Å². The number of nitrogens with one attached hydrogen (secondary N) is 1. The lowest BCUT2D eigenvalue weighted by Crippen LogP contribution is -2.48. The van der Waals surface area contributed by atoms with E-state index < -0.39 is 17.2 Å². The Morgan fingerprint density at radius 1 is 1.24 bits per heavy atom. The van der Waals surface area contributed by atoms with Crippen molar-refractivity contribution in [2.75, 3.05) is 20.8 Å². The molecule has 0 bridgehead atoms. The van der Waals surface area contributed by atoms with Crippen molar-refractivity contribution in [2.24, 2.45) is 0 Å². The molecule has 0 saturated carbocycles. The maximum atomic E-state index is 13.0. The highest BCUT2D eigenvalue weighted by Gasteiger charge is 2.31. The van der Waals surface area contributed by atoms with Gasteiger partial charge in [0, 0.05) is 18.2 Å². The Kier molecular flexibility index (Phi) is 6.55. The molecule has 1 aromatic rings. The molecule has 1 unspecified atom stereocenters. The fraction of sp³-hybridized carbons (Fsp3) is 0.533. The van der Waals surface area contributed by atoms with Crippen LogP contribution in [0.1, 0.15) is 26.2 Å². The maximum Gasteiger partial charge on any atom is 0.325 e. The van der Waals surface area contributed by atoms with E-state index >= 15 is 0 Å². The van der Waals surface area contributed by atoms with Gasteiger partial charge in [0.05, 0.1) is 13.7 Å². The molecule has 1 N–H and O–H groups in total. The van der Waals surface area contributed by atoms with Crippen molar-refractivity contribution in [2.45, 2.75) is 31.7 Å². The van der Waals surface area contributed by atoms with Crippen LogP contribution in [0.3, 0.4) is 0 Å². The number of carbonyl (C=O) groups is 1. The summed E-state index contributed by atoms with van der Waals surface area (Å²) in [6.07, 6.45) is 1.95. The zero-order valence-electron chi connectivity index (χ0n) is 12.5. The zero-order chi connectivity index (χ0) is 15.9. The molecule has 0 saturated heterocycles. The number of halogens is 2. The van der Waals surface area contributed by atoms with Crippen molar-refractivity contribution in [1.29, 1.82) is 0 Å². The summed E-state index contributed by atoms with van der Waals surface area (Å²) in [5.74, 6) is -1.49. The summed E-state index contributed by atoms with van der Waals surface area (Å²) in [6, 6.07) is 3.06. The van der Waals surface area contributed by atoms with Crippen LogP contribution in [-0.2, 0) is 9.53 Å². The van der Waals surface area contributed by atoms with Gasteiger partial charge >= 0.3 is 5.97 Å². The molecule has 0 aromatic heterocycles. The molecular weight excluding hydrogens is 280 g/mol. The number of carbonyl (C=O) groups excluding carboxylic acids is 1. The number of hydrogen-bond donors (Lipinski definition) is 1. The Morgan fingerprint density at radius 3 is 2.38 bits per heavy atom. The van der Waals surface area contributed by atoms with E-state index in [2.05, 4.69) is 5.32 Å². The number of ether oxygens (including phenoxy) is 2. The Labute approximate surface area is 123 Å². The number of rotatable bonds is 8. The summed E-state index contributed by atoms with van der Waals surface area (Å²) in [6.45, 7) is 2.09. The predicted octanol–water partition coefficient (Wildman–Crippen LogP) is 2.67. The maximum absolute atomic E-state index is 13.0. The van der Waals surface area contributed by atoms with E-state index in [0.29, 0.717) is 25.9 Å². The average molecular weight is 301 g/mol. The molecule has 0 aliphatic heterocycles. The number of likely N-dealkylation sites (N-methyl/N-ethyl adjacent to an activating group) is 1. The first-order valence-corrected chi connectivity index (χ1v) is 6.77. The van der Waals surface area contributed by atoms with Gasteiger partial charge < -0.3 is 14.8 Å². The molecule has 1 aromatic carbocycles. The van der Waals surface area contributed by atoms with Crippen LogP contribution in [0.5, 0.6) is 5.75 Å². The third-order valence-corrected chi connectivity index (χ3v) is 3.36. The molecule has 118 valence electrons. The highest BCUT2D eigenvalue weighted by molar-refractivity contribution is 5.80. The summed E-state index contributed by atoms with van der Waals surface area (Å²) in [5, 5.41) is 2.94. The van der Waals surface area contributed by atoms with Crippen LogP contribution in [0.25, 0.3) is 0 Å². The minimum atomic E-state index is -0.736. The van der Waals surface area contributed by atoms with Crippen LogP contribution in [0, 0.1) is 11.6 Å². The van der Waals surface area contributed by atoms with Gasteiger partial charge in [-0.2, -0.15) is 0 Å². The molecule has 0 fully saturated rings. The van der Waals surface area contributed by atoms with Crippen LogP contribution in [0.4, 0.5) is 8.78 Å². The molecule has 4 nitrogen and oxygen atoms in total. The monoisotopic (exact) mass is 301 g/mol. The number of esters is 1. The molecule has 21 heavy (non-hydrogen) atoms. The topological polar surface area (TPSA) is 47.6 Å². The highest BCUT2D eigenvalue weighted by Crippen LogP contribution is 2.18. The highest BCUT2D eigenvalue weighted by atomic mass is 19.1. The summed E-state index contributed by atoms with van der Waals surface area (Å²) < 4.78 is 35.9. The lowest BCUT2D eigenvalue weighted by atomic mass is 9.95. The first kappa shape index (κ1) is 17.4. The Bertz CT molecular complexity index is 462. The SMILES string of the molecule is CNC(C)(CCCCOc1cc(F)cc(F)c1)C(=O)OC. The average Bonchev–Trinajstić information content (AvgIpc) is 2.44. The van der Waals surface area contributed by atoms with Gasteiger partial charge in [0.2, 0.25) is 0 Å². The van der Waals surface area contributed by atoms with Crippen molar-refractivity contribution < 1.29 is 23.0 Å². The van der Waals surface area contributed by atoms with Gasteiger partial charge in [-0.3, -0.25) is 4.79 Å². The largest absolute Gasteiger partial charge is 0.493 e. The lowest BCUT2D eigenvalue weighted by molar-refractivity contribution is -0.148. The van der Waals surface area contributed by atoms with E-state index in [-0.39, 0.29) is 11.7 Å². The van der Waals surface area contributed by atoms with Crippen molar-refractivity contribution in [1.82, 2.24) is 5.32 Å². The molecule has 0 spiro atoms. The first-order chi connectivity index (χ1) is 9.91. The van der Waals surface area contributed by atoms with Gasteiger partial charge in [0.15, 0.2) is 0 Å². The minimum absolute atomic E-state index is 0.164. The number of unbranched alkanes of at least 4 members (excludes halogenated alkanes) is 1. The van der Waals surface area contributed by atoms with Crippen molar-refractivity contribution in [3.05, 3.63) is 29.8 Å².